The van der Waals surface area contributed by atoms with Gasteiger partial charge in [-0.3, -0.25) is 9.59 Å². The van der Waals surface area contributed by atoms with E-state index in [1.807, 2.05) is 0 Å². The molecule has 5 heteroatoms. The van der Waals surface area contributed by atoms with Gasteiger partial charge in [0.1, 0.15) is 11.5 Å². The van der Waals surface area contributed by atoms with Gasteiger partial charge < -0.3 is 4.74 Å². The number of benzene rings is 1. The van der Waals surface area contributed by atoms with Crippen LogP contribution in [0.1, 0.15) is 63.0 Å². The third-order valence-corrected chi connectivity index (χ3v) is 6.76. The van der Waals surface area contributed by atoms with Gasteiger partial charge in [-0.2, -0.15) is 0 Å². The highest BCUT2D eigenvalue weighted by molar-refractivity contribution is 6.35. The van der Waals surface area contributed by atoms with Gasteiger partial charge in [-0.25, -0.2) is 0 Å². The summed E-state index contributed by atoms with van der Waals surface area (Å²) < 4.78 is 5.93. The summed E-state index contributed by atoms with van der Waals surface area (Å²) in [4.78, 5) is 26.2. The van der Waals surface area contributed by atoms with Gasteiger partial charge in [0, 0.05) is 15.6 Å². The van der Waals surface area contributed by atoms with Gasteiger partial charge >= 0.3 is 5.97 Å². The maximum absolute atomic E-state index is 13.5. The normalized spacial score (nSPS) is 27.8. The fraction of sp³-hybridized carbons (Fsp3) is 0.579. The van der Waals surface area contributed by atoms with Crippen molar-refractivity contribution in [1.82, 2.24) is 0 Å². The molecule has 1 aliphatic heterocycles. The third kappa shape index (κ3) is 2.17. The van der Waals surface area contributed by atoms with E-state index < -0.39 is 16.9 Å². The average Bonchev–Trinajstić information content (AvgIpc) is 2.52. The topological polar surface area (TPSA) is 43.4 Å². The molecule has 0 radical (unpaired) electrons. The van der Waals surface area contributed by atoms with Crippen LogP contribution in [0.3, 0.4) is 0 Å². The zero-order valence-corrected chi connectivity index (χ0v) is 15.0. The lowest BCUT2D eigenvalue weighted by Crippen LogP contribution is -2.60. The largest absolute Gasteiger partial charge is 0.456 e. The molecule has 1 aromatic rings. The Hall–Kier alpha value is -1.06. The first kappa shape index (κ1) is 16.4. The molecule has 24 heavy (non-hydrogen) atoms. The molecular weight excluding hydrogens is 347 g/mol. The molecule has 2 saturated carbocycles. The van der Waals surface area contributed by atoms with Crippen LogP contribution in [-0.2, 0) is 14.3 Å². The van der Waals surface area contributed by atoms with Crippen molar-refractivity contribution in [3.05, 3.63) is 33.8 Å². The highest BCUT2D eigenvalue weighted by atomic mass is 35.5. The van der Waals surface area contributed by atoms with Crippen LogP contribution >= 0.6 is 23.2 Å². The summed E-state index contributed by atoms with van der Waals surface area (Å²) in [7, 11) is 0. The Morgan fingerprint density at radius 3 is 2.25 bits per heavy atom. The Labute approximate surface area is 151 Å². The lowest BCUT2D eigenvalue weighted by Gasteiger charge is -2.53. The molecule has 1 unspecified atom stereocenters. The fourth-order valence-corrected chi connectivity index (χ4v) is 5.24. The van der Waals surface area contributed by atoms with E-state index in [0.29, 0.717) is 28.5 Å². The van der Waals surface area contributed by atoms with Gasteiger partial charge in [-0.15, -0.1) is 0 Å². The van der Waals surface area contributed by atoms with Gasteiger partial charge in [0.05, 0.1) is 5.41 Å². The molecule has 3 aliphatic rings. The maximum Gasteiger partial charge on any atom is 0.320 e. The number of ether oxygens (including phenoxy) is 1. The van der Waals surface area contributed by atoms with Gasteiger partial charge in [0.15, 0.2) is 5.78 Å². The van der Waals surface area contributed by atoms with Gasteiger partial charge in [-0.1, -0.05) is 55.0 Å². The molecule has 3 fully saturated rings. The predicted molar refractivity (Wildman–Crippen MR) is 92.1 cm³/mol. The van der Waals surface area contributed by atoms with Crippen LogP contribution < -0.4 is 0 Å². The van der Waals surface area contributed by atoms with E-state index in [9.17, 15) is 9.59 Å². The van der Waals surface area contributed by atoms with Crippen molar-refractivity contribution in [2.45, 2.75) is 57.5 Å². The zero-order chi connectivity index (χ0) is 16.9. The highest BCUT2D eigenvalue weighted by Crippen LogP contribution is 2.61. The number of carbonyl (C=O) groups excluding carboxylic acids is 2. The standard InChI is InChI=1S/C19H20Cl2O3/c20-12-5-6-13(14(21)11-12)15-18(7-2-1-3-8-18)16(22)19(9-4-10-19)17(23)24-15/h5-6,11,15H,1-4,7-10H2. The number of hydrogen-bond donors (Lipinski definition) is 0. The van der Waals surface area contributed by atoms with Crippen molar-refractivity contribution in [3.8, 4) is 0 Å². The van der Waals surface area contributed by atoms with Gasteiger partial charge in [0.25, 0.3) is 0 Å². The van der Waals surface area contributed by atoms with Gasteiger partial charge in [0.2, 0.25) is 0 Å². The monoisotopic (exact) mass is 366 g/mol. The smallest absolute Gasteiger partial charge is 0.320 e. The summed E-state index contributed by atoms with van der Waals surface area (Å²) in [5.41, 5.74) is -0.796. The van der Waals surface area contributed by atoms with Crippen molar-refractivity contribution >= 4 is 35.0 Å². The van der Waals surface area contributed by atoms with Crippen LogP contribution in [0.2, 0.25) is 10.0 Å². The lowest BCUT2D eigenvalue weighted by molar-refractivity contribution is -0.202. The quantitative estimate of drug-likeness (QED) is 0.501. The van der Waals surface area contributed by atoms with Crippen LogP contribution in [0.15, 0.2) is 18.2 Å². The van der Waals surface area contributed by atoms with E-state index in [2.05, 4.69) is 0 Å². The summed E-state index contributed by atoms with van der Waals surface area (Å²) in [5, 5.41) is 0.993. The van der Waals surface area contributed by atoms with Crippen molar-refractivity contribution in [3.63, 3.8) is 0 Å². The first-order valence-corrected chi connectivity index (χ1v) is 9.46. The number of hydrogen-bond acceptors (Lipinski definition) is 3. The fourth-order valence-electron chi connectivity index (χ4n) is 4.73. The van der Waals surface area contributed by atoms with Crippen molar-refractivity contribution < 1.29 is 14.3 Å². The van der Waals surface area contributed by atoms with E-state index >= 15 is 0 Å². The van der Waals surface area contributed by atoms with Crippen LogP contribution in [0.4, 0.5) is 0 Å². The van der Waals surface area contributed by atoms with Crippen molar-refractivity contribution in [1.29, 1.82) is 0 Å². The molecule has 128 valence electrons. The van der Waals surface area contributed by atoms with Gasteiger partial charge in [-0.05, 0) is 37.8 Å². The van der Waals surface area contributed by atoms with Crippen molar-refractivity contribution in [2.24, 2.45) is 10.8 Å². The minimum absolute atomic E-state index is 0.105. The molecule has 0 amide bonds. The van der Waals surface area contributed by atoms with E-state index in [0.717, 1.165) is 38.5 Å². The lowest BCUT2D eigenvalue weighted by atomic mass is 9.52. The molecular formula is C19H20Cl2O3. The van der Waals surface area contributed by atoms with Crippen LogP contribution in [0.5, 0.6) is 0 Å². The molecule has 4 rings (SSSR count). The number of halogens is 2. The predicted octanol–water partition coefficient (Wildman–Crippen LogP) is 5.28. The highest BCUT2D eigenvalue weighted by Gasteiger charge is 2.66. The molecule has 1 aromatic carbocycles. The Kier molecular flexibility index (Phi) is 3.92. The molecule has 2 aliphatic carbocycles. The van der Waals surface area contributed by atoms with Crippen molar-refractivity contribution in [2.75, 3.05) is 0 Å². The first-order chi connectivity index (χ1) is 11.5. The zero-order valence-electron chi connectivity index (χ0n) is 13.4. The summed E-state index contributed by atoms with van der Waals surface area (Å²) in [5.74, 6) is -0.251. The summed E-state index contributed by atoms with van der Waals surface area (Å²) in [6.07, 6.45) is 6.23. The number of Topliss-reactive ketones (excluding diaryl/α,β-unsaturated/α-hetero) is 1. The van der Waals surface area contributed by atoms with E-state index in [-0.39, 0.29) is 11.8 Å². The van der Waals surface area contributed by atoms with Crippen LogP contribution in [-0.4, -0.2) is 11.8 Å². The minimum atomic E-state index is -0.882. The van der Waals surface area contributed by atoms with Crippen LogP contribution in [0, 0.1) is 10.8 Å². The van der Waals surface area contributed by atoms with Crippen LogP contribution in [0.25, 0.3) is 0 Å². The second kappa shape index (κ2) is 5.74. The van der Waals surface area contributed by atoms with E-state index in [1.165, 1.54) is 0 Å². The summed E-state index contributed by atoms with van der Waals surface area (Å²) in [6.45, 7) is 0. The molecule has 1 saturated heterocycles. The summed E-state index contributed by atoms with van der Waals surface area (Å²) in [6, 6.07) is 5.19. The number of cyclic esters (lactones) is 1. The minimum Gasteiger partial charge on any atom is -0.456 e. The second-order valence-electron chi connectivity index (χ2n) is 7.43. The number of esters is 1. The Bertz CT molecular complexity index is 703. The Morgan fingerprint density at radius 1 is 0.958 bits per heavy atom. The third-order valence-electron chi connectivity index (χ3n) is 6.20. The summed E-state index contributed by atoms with van der Waals surface area (Å²) >= 11 is 12.4. The molecule has 2 spiro atoms. The maximum atomic E-state index is 13.5. The molecule has 1 heterocycles. The molecule has 0 N–H and O–H groups in total. The Balaban J connectivity index is 1.82. The van der Waals surface area contributed by atoms with E-state index in [4.69, 9.17) is 27.9 Å². The molecule has 0 aromatic heterocycles. The number of ketones is 1. The number of carbonyl (C=O) groups is 2. The second-order valence-corrected chi connectivity index (χ2v) is 8.28. The molecule has 3 nitrogen and oxygen atoms in total. The molecule has 1 atom stereocenters. The average molecular weight is 367 g/mol. The Morgan fingerprint density at radius 2 is 1.67 bits per heavy atom. The van der Waals surface area contributed by atoms with E-state index in [1.54, 1.807) is 18.2 Å². The number of rotatable bonds is 1. The molecule has 0 bridgehead atoms. The SMILES string of the molecule is O=C1OC(c2ccc(Cl)cc2Cl)C2(CCCCC2)C(=O)C12CCC2. The first-order valence-electron chi connectivity index (χ1n) is 8.71.